The van der Waals surface area contributed by atoms with E-state index < -0.39 is 0 Å². The number of carbonyl (C=O) groups excluding carboxylic acids is 1. The molecule has 0 aliphatic carbocycles. The fraction of sp³-hybridized carbons (Fsp3) is 0.120. The highest BCUT2D eigenvalue weighted by Gasteiger charge is 2.35. The van der Waals surface area contributed by atoms with Crippen LogP contribution in [0.25, 0.3) is 6.08 Å². The SMILES string of the molecule is CCOc1c(Cl)cc(/C=C2\SC(=Nc3ccc(Cl)cc3)N(c3ccc(Cl)cc3)C2=O)cc1OC. The number of amides is 1. The predicted molar refractivity (Wildman–Crippen MR) is 142 cm³/mol. The Kier molecular flexibility index (Phi) is 7.73. The number of hydrogen-bond donors (Lipinski definition) is 0. The van der Waals surface area contributed by atoms with Crippen LogP contribution >= 0.6 is 46.6 Å². The highest BCUT2D eigenvalue weighted by Crippen LogP contribution is 2.40. The largest absolute Gasteiger partial charge is 0.493 e. The van der Waals surface area contributed by atoms with E-state index in [-0.39, 0.29) is 5.91 Å². The average Bonchev–Trinajstić information content (AvgIpc) is 3.12. The second-order valence-corrected chi connectivity index (χ2v) is 9.35. The molecule has 9 heteroatoms. The van der Waals surface area contributed by atoms with E-state index in [1.165, 1.54) is 11.8 Å². The minimum atomic E-state index is -0.219. The van der Waals surface area contributed by atoms with Gasteiger partial charge in [-0.2, -0.15) is 0 Å². The van der Waals surface area contributed by atoms with Crippen LogP contribution in [0.2, 0.25) is 15.1 Å². The molecule has 0 saturated carbocycles. The van der Waals surface area contributed by atoms with Crippen molar-refractivity contribution in [1.29, 1.82) is 0 Å². The van der Waals surface area contributed by atoms with Gasteiger partial charge in [0.1, 0.15) is 0 Å². The van der Waals surface area contributed by atoms with Crippen molar-refractivity contribution in [1.82, 2.24) is 0 Å². The zero-order valence-electron chi connectivity index (χ0n) is 18.2. The number of thioether (sulfide) groups is 1. The van der Waals surface area contributed by atoms with E-state index >= 15 is 0 Å². The number of amidine groups is 1. The molecule has 174 valence electrons. The molecular formula is C25H19Cl3N2O3S. The number of rotatable bonds is 6. The van der Waals surface area contributed by atoms with Crippen molar-refractivity contribution in [2.24, 2.45) is 4.99 Å². The number of methoxy groups -OCH3 is 1. The number of hydrogen-bond acceptors (Lipinski definition) is 5. The molecule has 0 spiro atoms. The van der Waals surface area contributed by atoms with Crippen molar-refractivity contribution < 1.29 is 14.3 Å². The van der Waals surface area contributed by atoms with Gasteiger partial charge in [0.15, 0.2) is 16.7 Å². The molecule has 0 unspecified atom stereocenters. The van der Waals surface area contributed by atoms with E-state index in [1.54, 1.807) is 78.7 Å². The molecule has 1 saturated heterocycles. The summed E-state index contributed by atoms with van der Waals surface area (Å²) in [7, 11) is 1.54. The van der Waals surface area contributed by atoms with Gasteiger partial charge in [-0.25, -0.2) is 4.99 Å². The van der Waals surface area contributed by atoms with Crippen LogP contribution in [0.1, 0.15) is 12.5 Å². The van der Waals surface area contributed by atoms with E-state index in [0.717, 1.165) is 0 Å². The van der Waals surface area contributed by atoms with Gasteiger partial charge in [0.05, 0.1) is 35.0 Å². The molecule has 0 N–H and O–H groups in total. The lowest BCUT2D eigenvalue weighted by Crippen LogP contribution is -2.28. The highest BCUT2D eigenvalue weighted by molar-refractivity contribution is 8.19. The molecule has 0 radical (unpaired) electrons. The van der Waals surface area contributed by atoms with Crippen LogP contribution in [0.4, 0.5) is 11.4 Å². The lowest BCUT2D eigenvalue weighted by Gasteiger charge is -2.15. The molecule has 1 heterocycles. The number of carbonyl (C=O) groups is 1. The standard InChI is InChI=1S/C25H19Cl3N2O3S/c1-3-33-23-20(28)12-15(13-21(23)32-2)14-22-24(31)30(19-10-6-17(27)7-11-19)25(34-22)29-18-8-4-16(26)5-9-18/h4-14H,3H2,1-2H3/b22-14-,29-25?. The topological polar surface area (TPSA) is 51.1 Å². The normalized spacial score (nSPS) is 15.9. The Bertz CT molecular complexity index is 1280. The summed E-state index contributed by atoms with van der Waals surface area (Å²) in [6.07, 6.45) is 1.75. The van der Waals surface area contributed by atoms with Gasteiger partial charge in [-0.05, 0) is 91.0 Å². The molecule has 34 heavy (non-hydrogen) atoms. The quantitative estimate of drug-likeness (QED) is 0.303. The van der Waals surface area contributed by atoms with E-state index in [2.05, 4.69) is 0 Å². The lowest BCUT2D eigenvalue weighted by atomic mass is 10.1. The van der Waals surface area contributed by atoms with Gasteiger partial charge in [-0.1, -0.05) is 34.8 Å². The number of aliphatic imine (C=N–C) groups is 1. The smallest absolute Gasteiger partial charge is 0.271 e. The Morgan fingerprint density at radius 1 is 1.00 bits per heavy atom. The molecule has 1 amide bonds. The summed E-state index contributed by atoms with van der Waals surface area (Å²) in [6.45, 7) is 2.32. The van der Waals surface area contributed by atoms with Crippen LogP contribution < -0.4 is 14.4 Å². The summed E-state index contributed by atoms with van der Waals surface area (Å²) in [6, 6.07) is 17.6. The Morgan fingerprint density at radius 3 is 2.26 bits per heavy atom. The van der Waals surface area contributed by atoms with Gasteiger partial charge in [-0.3, -0.25) is 9.69 Å². The maximum absolute atomic E-state index is 13.5. The first-order chi connectivity index (χ1) is 16.4. The molecule has 0 aromatic heterocycles. The van der Waals surface area contributed by atoms with Crippen molar-refractivity contribution in [2.75, 3.05) is 18.6 Å². The molecule has 4 rings (SSSR count). The molecule has 1 aliphatic rings. The van der Waals surface area contributed by atoms with Gasteiger partial charge < -0.3 is 9.47 Å². The average molecular weight is 534 g/mol. The van der Waals surface area contributed by atoms with Gasteiger partial charge in [0.2, 0.25) is 0 Å². The number of halogens is 3. The minimum Gasteiger partial charge on any atom is -0.493 e. The van der Waals surface area contributed by atoms with Crippen molar-refractivity contribution in [3.8, 4) is 11.5 Å². The lowest BCUT2D eigenvalue weighted by molar-refractivity contribution is -0.113. The fourth-order valence-electron chi connectivity index (χ4n) is 3.25. The molecule has 3 aromatic rings. The third kappa shape index (κ3) is 5.36. The zero-order valence-corrected chi connectivity index (χ0v) is 21.3. The summed E-state index contributed by atoms with van der Waals surface area (Å²) >= 11 is 19.7. The zero-order chi connectivity index (χ0) is 24.2. The molecular weight excluding hydrogens is 515 g/mol. The Labute approximate surface area is 216 Å². The van der Waals surface area contributed by atoms with Crippen LogP contribution in [0.3, 0.4) is 0 Å². The summed E-state index contributed by atoms with van der Waals surface area (Å²) in [5.41, 5.74) is 2.02. The first-order valence-corrected chi connectivity index (χ1v) is 12.2. The third-order valence-corrected chi connectivity index (χ3v) is 6.53. The van der Waals surface area contributed by atoms with E-state index in [4.69, 9.17) is 49.3 Å². The van der Waals surface area contributed by atoms with Crippen LogP contribution in [0, 0.1) is 0 Å². The summed E-state index contributed by atoms with van der Waals surface area (Å²) in [5.74, 6) is 0.734. The summed E-state index contributed by atoms with van der Waals surface area (Å²) < 4.78 is 11.0. The van der Waals surface area contributed by atoms with Crippen LogP contribution in [-0.2, 0) is 4.79 Å². The maximum atomic E-state index is 13.5. The van der Waals surface area contributed by atoms with Gasteiger partial charge in [-0.15, -0.1) is 0 Å². The van der Waals surface area contributed by atoms with Crippen LogP contribution in [0.15, 0.2) is 70.6 Å². The van der Waals surface area contributed by atoms with E-state index in [9.17, 15) is 4.79 Å². The van der Waals surface area contributed by atoms with E-state index in [0.29, 0.717) is 60.2 Å². The number of anilines is 1. The Morgan fingerprint density at radius 2 is 1.65 bits per heavy atom. The van der Waals surface area contributed by atoms with Crippen molar-refractivity contribution in [3.05, 3.63) is 86.2 Å². The first-order valence-electron chi connectivity index (χ1n) is 10.2. The highest BCUT2D eigenvalue weighted by atomic mass is 35.5. The van der Waals surface area contributed by atoms with E-state index in [1.807, 2.05) is 6.92 Å². The second-order valence-electron chi connectivity index (χ2n) is 7.07. The molecule has 1 fully saturated rings. The van der Waals surface area contributed by atoms with Crippen molar-refractivity contribution in [2.45, 2.75) is 6.92 Å². The Balaban J connectivity index is 1.76. The van der Waals surface area contributed by atoms with Gasteiger partial charge in [0, 0.05) is 10.0 Å². The van der Waals surface area contributed by atoms with Crippen molar-refractivity contribution >= 4 is 75.1 Å². The number of nitrogens with zero attached hydrogens (tertiary/aromatic N) is 2. The Hall–Kier alpha value is -2.64. The minimum absolute atomic E-state index is 0.219. The molecule has 0 bridgehead atoms. The molecule has 5 nitrogen and oxygen atoms in total. The van der Waals surface area contributed by atoms with Gasteiger partial charge >= 0.3 is 0 Å². The fourth-order valence-corrected chi connectivity index (χ4v) is 4.78. The molecule has 1 aliphatic heterocycles. The van der Waals surface area contributed by atoms with Crippen molar-refractivity contribution in [3.63, 3.8) is 0 Å². The molecule has 0 atom stereocenters. The van der Waals surface area contributed by atoms with Gasteiger partial charge in [0.25, 0.3) is 5.91 Å². The third-order valence-electron chi connectivity index (χ3n) is 4.78. The maximum Gasteiger partial charge on any atom is 0.271 e. The summed E-state index contributed by atoms with van der Waals surface area (Å²) in [4.78, 5) is 20.2. The second kappa shape index (κ2) is 10.7. The van der Waals surface area contributed by atoms with Crippen LogP contribution in [-0.4, -0.2) is 24.8 Å². The summed E-state index contributed by atoms with van der Waals surface area (Å²) in [5, 5.41) is 2.08. The molecule has 3 aromatic carbocycles. The first kappa shape index (κ1) is 24.5. The number of benzene rings is 3. The monoisotopic (exact) mass is 532 g/mol. The number of ether oxygens (including phenoxy) is 2. The predicted octanol–water partition coefficient (Wildman–Crippen LogP) is 7.86. The van der Waals surface area contributed by atoms with Crippen LogP contribution in [0.5, 0.6) is 11.5 Å².